The van der Waals surface area contributed by atoms with E-state index >= 15 is 0 Å². The fourth-order valence-corrected chi connectivity index (χ4v) is 5.58. The van der Waals surface area contributed by atoms with Crippen LogP contribution in [0.15, 0.2) is 88.4 Å². The molecule has 2 aromatic carbocycles. The molecular formula is C34H42N4O2S2. The van der Waals surface area contributed by atoms with E-state index in [1.54, 1.807) is 12.5 Å². The van der Waals surface area contributed by atoms with Crippen LogP contribution in [-0.2, 0) is 5.75 Å². The molecule has 0 amide bonds. The number of nitrogens with zero attached hydrogens (tertiary/aromatic N) is 3. The Hall–Kier alpha value is -3.24. The molecule has 1 atom stereocenters. The molecule has 1 saturated carbocycles. The predicted octanol–water partition coefficient (Wildman–Crippen LogP) is 8.45. The van der Waals surface area contributed by atoms with Gasteiger partial charge in [-0.05, 0) is 87.7 Å². The molecule has 1 aliphatic carbocycles. The Morgan fingerprint density at radius 1 is 1.19 bits per heavy atom. The maximum atomic E-state index is 9.43. The molecule has 0 spiro atoms. The number of aliphatic imine (C=N–C) groups is 1. The normalized spacial score (nSPS) is 15.0. The highest BCUT2D eigenvalue weighted by atomic mass is 32.2. The number of hydrogen-bond acceptors (Lipinski definition) is 8. The first-order valence-corrected chi connectivity index (χ1v) is 15.9. The molecule has 0 aromatic heterocycles. The van der Waals surface area contributed by atoms with Crippen molar-refractivity contribution in [3.63, 3.8) is 0 Å². The minimum absolute atomic E-state index is 0.0462. The topological polar surface area (TPSA) is 94.9 Å². The minimum atomic E-state index is 0.0462. The van der Waals surface area contributed by atoms with Gasteiger partial charge in [-0.15, -0.1) is 24.1 Å². The highest BCUT2D eigenvalue weighted by Crippen LogP contribution is 2.31. The van der Waals surface area contributed by atoms with E-state index in [0.717, 1.165) is 34.5 Å². The zero-order valence-electron chi connectivity index (χ0n) is 25.0. The molecule has 1 heterocycles. The van der Waals surface area contributed by atoms with Gasteiger partial charge in [-0.2, -0.15) is 5.26 Å². The molecule has 0 saturated heterocycles. The second-order valence-corrected chi connectivity index (χ2v) is 11.9. The molecule has 1 unspecified atom stereocenters. The second-order valence-electron chi connectivity index (χ2n) is 9.94. The van der Waals surface area contributed by atoms with Gasteiger partial charge in [0.25, 0.3) is 0 Å². The summed E-state index contributed by atoms with van der Waals surface area (Å²) in [6.07, 6.45) is 18.6. The predicted molar refractivity (Wildman–Crippen MR) is 179 cm³/mol. The number of thioether (sulfide) groups is 1. The highest BCUT2D eigenvalue weighted by molar-refractivity contribution is 8.03. The summed E-state index contributed by atoms with van der Waals surface area (Å²) in [5.41, 5.74) is 5.27. The van der Waals surface area contributed by atoms with Gasteiger partial charge in [0.15, 0.2) is 0 Å². The molecule has 6 nitrogen and oxygen atoms in total. The summed E-state index contributed by atoms with van der Waals surface area (Å²) in [6, 6.07) is 17.8. The smallest absolute Gasteiger partial charge is 0.137 e. The van der Waals surface area contributed by atoms with E-state index in [0.29, 0.717) is 27.6 Å². The summed E-state index contributed by atoms with van der Waals surface area (Å²) in [5, 5.41) is 18.0. The van der Waals surface area contributed by atoms with Gasteiger partial charge in [0.05, 0.1) is 17.4 Å². The zero-order valence-corrected chi connectivity index (χ0v) is 26.6. The Bertz CT molecular complexity index is 1310. The van der Waals surface area contributed by atoms with Gasteiger partial charge >= 0.3 is 0 Å². The monoisotopic (exact) mass is 602 g/mol. The molecule has 8 heteroatoms. The summed E-state index contributed by atoms with van der Waals surface area (Å²) >= 11 is 2.98. The van der Waals surface area contributed by atoms with Crippen molar-refractivity contribution in [3.05, 3.63) is 100 Å². The first kappa shape index (κ1) is 35.0. The molecule has 0 bridgehead atoms. The van der Waals surface area contributed by atoms with E-state index in [1.165, 1.54) is 30.6 Å². The average molecular weight is 603 g/mol. The number of hydrogen-bond donors (Lipinski definition) is 2. The molecule has 4 rings (SSSR count). The first-order chi connectivity index (χ1) is 20.3. The summed E-state index contributed by atoms with van der Waals surface area (Å²) in [7, 11) is 0. The van der Waals surface area contributed by atoms with Gasteiger partial charge in [-0.1, -0.05) is 65.6 Å². The van der Waals surface area contributed by atoms with Crippen LogP contribution in [0.25, 0.3) is 0 Å². The van der Waals surface area contributed by atoms with Crippen molar-refractivity contribution in [1.82, 2.24) is 4.58 Å². The van der Waals surface area contributed by atoms with Crippen LogP contribution in [-0.4, -0.2) is 27.4 Å². The number of ether oxygens (including phenoxy) is 1. The molecular weight excluding hydrogens is 561 g/mol. The van der Waals surface area contributed by atoms with Gasteiger partial charge in [-0.3, -0.25) is 10.2 Å². The lowest BCUT2D eigenvalue weighted by Gasteiger charge is -2.17. The number of nitriles is 1. The number of nitrogens with two attached hydrogens (primary N) is 1. The molecule has 42 heavy (non-hydrogen) atoms. The second kappa shape index (κ2) is 19.8. The number of allylic oxidation sites excluding steroid dienone is 5. The van der Waals surface area contributed by atoms with Crippen molar-refractivity contribution < 1.29 is 9.94 Å². The first-order valence-electron chi connectivity index (χ1n) is 14.0. The SMILES string of the molecule is C#CC.CC(C)Oc1ccc(C2=NC=C(C(C)/C=C\C=C3CCCC3)SC2)cc1C#N.NN(O)SCc1ccccc1. The summed E-state index contributed by atoms with van der Waals surface area (Å²) in [4.78, 5) is 5.97. The quantitative estimate of drug-likeness (QED) is 0.129. The molecule has 2 aromatic rings. The van der Waals surface area contributed by atoms with E-state index in [2.05, 4.69) is 48.6 Å². The van der Waals surface area contributed by atoms with Crippen molar-refractivity contribution in [2.45, 2.75) is 65.2 Å². The van der Waals surface area contributed by atoms with E-state index < -0.39 is 0 Å². The average Bonchev–Trinajstić information content (AvgIpc) is 3.51. The van der Waals surface area contributed by atoms with Crippen molar-refractivity contribution >= 4 is 29.4 Å². The molecule has 2 aliphatic rings. The summed E-state index contributed by atoms with van der Waals surface area (Å²) < 4.78 is 6.33. The largest absolute Gasteiger partial charge is 0.490 e. The Morgan fingerprint density at radius 2 is 1.88 bits per heavy atom. The van der Waals surface area contributed by atoms with E-state index in [4.69, 9.17) is 15.8 Å². The lowest BCUT2D eigenvalue weighted by molar-refractivity contribution is 0.0162. The third kappa shape index (κ3) is 13.2. The van der Waals surface area contributed by atoms with E-state index in [9.17, 15) is 5.26 Å². The van der Waals surface area contributed by atoms with Crippen LogP contribution in [0.4, 0.5) is 0 Å². The Labute approximate surface area is 260 Å². The molecule has 222 valence electrons. The minimum Gasteiger partial charge on any atom is -0.490 e. The number of rotatable bonds is 9. The van der Waals surface area contributed by atoms with Gasteiger partial charge < -0.3 is 4.74 Å². The van der Waals surface area contributed by atoms with Crippen LogP contribution in [0.1, 0.15) is 70.1 Å². The third-order valence-electron chi connectivity index (χ3n) is 6.15. The molecule has 3 N–H and O–H groups in total. The van der Waals surface area contributed by atoms with Gasteiger partial charge in [-0.25, -0.2) is 5.84 Å². The number of benzene rings is 2. The van der Waals surface area contributed by atoms with Gasteiger partial charge in [0.2, 0.25) is 0 Å². The number of hydrazine groups is 1. The van der Waals surface area contributed by atoms with Crippen LogP contribution in [0, 0.1) is 29.6 Å². The van der Waals surface area contributed by atoms with Crippen molar-refractivity contribution in [3.8, 4) is 24.2 Å². The highest BCUT2D eigenvalue weighted by Gasteiger charge is 2.16. The van der Waals surface area contributed by atoms with Crippen LogP contribution < -0.4 is 10.6 Å². The standard InChI is InChI=1S/C24H28N2OS.C7H10N2OS.C3H4/c1-17(2)27-23-12-11-20(13-21(23)14-25)22-16-28-24(15-26-22)18(3)7-6-10-19-8-4-5-9-19;8-9(10)11-6-7-4-2-1-3-5-7;1-3-2/h6-7,10-13,15,17-18H,4-5,8-9,16H2,1-3H3;1-5,10H,6,8H2;1H,2H3/b7-6-;;. The maximum absolute atomic E-state index is 9.43. The molecule has 0 radical (unpaired) electrons. The lowest BCUT2D eigenvalue weighted by Crippen LogP contribution is -2.17. The van der Waals surface area contributed by atoms with Crippen LogP contribution in [0.5, 0.6) is 5.75 Å². The Morgan fingerprint density at radius 3 is 2.45 bits per heavy atom. The van der Waals surface area contributed by atoms with Crippen LogP contribution >= 0.6 is 23.7 Å². The zero-order chi connectivity index (χ0) is 30.7. The lowest BCUT2D eigenvalue weighted by atomic mass is 10.1. The summed E-state index contributed by atoms with van der Waals surface area (Å²) in [5.74, 6) is 9.75. The van der Waals surface area contributed by atoms with Crippen molar-refractivity contribution in [2.75, 3.05) is 5.75 Å². The number of terminal acetylenes is 1. The van der Waals surface area contributed by atoms with Crippen LogP contribution in [0.2, 0.25) is 0 Å². The Kier molecular flexibility index (Phi) is 16.5. The van der Waals surface area contributed by atoms with Crippen molar-refractivity contribution in [2.24, 2.45) is 16.8 Å². The summed E-state index contributed by atoms with van der Waals surface area (Å²) in [6.45, 7) is 7.79. The van der Waals surface area contributed by atoms with Crippen molar-refractivity contribution in [1.29, 1.82) is 5.26 Å². The van der Waals surface area contributed by atoms with Gasteiger partial charge in [0.1, 0.15) is 11.8 Å². The fourth-order valence-electron chi connectivity index (χ4n) is 4.09. The molecule has 1 fully saturated rings. The molecule has 1 aliphatic heterocycles. The fraction of sp³-hybridized carbons (Fsp3) is 0.353. The third-order valence-corrected chi connectivity index (χ3v) is 8.11. The maximum Gasteiger partial charge on any atom is 0.137 e. The van der Waals surface area contributed by atoms with E-state index in [1.807, 2.05) is 80.3 Å². The van der Waals surface area contributed by atoms with E-state index in [-0.39, 0.29) is 6.10 Å². The van der Waals surface area contributed by atoms with Crippen LogP contribution in [0.3, 0.4) is 0 Å². The Balaban J connectivity index is 0.000000365. The van der Waals surface area contributed by atoms with Gasteiger partial charge in [0, 0.05) is 28.5 Å².